The summed E-state index contributed by atoms with van der Waals surface area (Å²) in [7, 11) is 1.48. The van der Waals surface area contributed by atoms with Gasteiger partial charge in [0.05, 0.1) is 16.6 Å². The number of carbonyl (C=O) groups is 1. The number of benzene rings is 2. The van der Waals surface area contributed by atoms with Gasteiger partial charge in [-0.3, -0.25) is 14.9 Å². The number of likely N-dealkylation sites (N-methyl/N-ethyl adjacent to an activating group) is 1. The highest BCUT2D eigenvalue weighted by Crippen LogP contribution is 2.29. The Labute approximate surface area is 146 Å². The second kappa shape index (κ2) is 7.85. The highest BCUT2D eigenvalue weighted by atomic mass is 19.4. The van der Waals surface area contributed by atoms with Crippen LogP contribution in [0.5, 0.6) is 5.75 Å². The van der Waals surface area contributed by atoms with E-state index in [9.17, 15) is 28.1 Å². The number of amides is 1. The minimum Gasteiger partial charge on any atom is -0.484 e. The van der Waals surface area contributed by atoms with Gasteiger partial charge in [0, 0.05) is 19.7 Å². The summed E-state index contributed by atoms with van der Waals surface area (Å²) in [6.07, 6.45) is -4.41. The Morgan fingerprint density at radius 3 is 2.42 bits per heavy atom. The first-order chi connectivity index (χ1) is 12.2. The molecule has 9 heteroatoms. The fourth-order valence-corrected chi connectivity index (χ4v) is 2.10. The van der Waals surface area contributed by atoms with Gasteiger partial charge >= 0.3 is 6.18 Å². The Kier molecular flexibility index (Phi) is 5.81. The molecule has 2 rings (SSSR count). The lowest BCUT2D eigenvalue weighted by Crippen LogP contribution is -2.31. The number of hydrogen-bond acceptors (Lipinski definition) is 4. The quantitative estimate of drug-likeness (QED) is 0.576. The summed E-state index contributed by atoms with van der Waals surface area (Å²) in [5.41, 5.74) is -0.388. The molecule has 0 aliphatic carbocycles. The van der Waals surface area contributed by atoms with Gasteiger partial charge in [0.2, 0.25) is 0 Å². The van der Waals surface area contributed by atoms with Crippen LogP contribution in [0.2, 0.25) is 0 Å². The largest absolute Gasteiger partial charge is 0.484 e. The molecule has 0 atom stereocenters. The fraction of sp³-hybridized carbons (Fsp3) is 0.235. The molecule has 6 nitrogen and oxygen atoms in total. The molecule has 138 valence electrons. The average molecular weight is 368 g/mol. The number of ether oxygens (including phenoxy) is 1. The second-order valence-corrected chi connectivity index (χ2v) is 5.49. The molecule has 0 saturated heterocycles. The monoisotopic (exact) mass is 368 g/mol. The SMILES string of the molecule is CN(Cc1ccc(C(F)(F)F)cc1)C(=O)COc1cccc([N+](=O)[O-])c1. The smallest absolute Gasteiger partial charge is 0.416 e. The Morgan fingerprint density at radius 2 is 1.85 bits per heavy atom. The van der Waals surface area contributed by atoms with E-state index in [1.165, 1.54) is 48.3 Å². The molecule has 0 saturated carbocycles. The van der Waals surface area contributed by atoms with Crippen molar-refractivity contribution in [2.45, 2.75) is 12.7 Å². The number of rotatable bonds is 6. The van der Waals surface area contributed by atoms with Crippen LogP contribution in [-0.2, 0) is 17.5 Å². The minimum absolute atomic E-state index is 0.106. The molecule has 0 heterocycles. The standard InChI is InChI=1S/C17H15F3N2O4/c1-21(10-12-5-7-13(8-6-12)17(18,19)20)16(23)11-26-15-4-2-3-14(9-15)22(24)25/h2-9H,10-11H2,1H3. The number of alkyl halides is 3. The first-order valence-corrected chi connectivity index (χ1v) is 7.44. The number of hydrogen-bond donors (Lipinski definition) is 0. The van der Waals surface area contributed by atoms with E-state index in [1.54, 1.807) is 0 Å². The summed E-state index contributed by atoms with van der Waals surface area (Å²) in [5, 5.41) is 10.7. The zero-order valence-electron chi connectivity index (χ0n) is 13.7. The van der Waals surface area contributed by atoms with Crippen LogP contribution in [0.1, 0.15) is 11.1 Å². The van der Waals surface area contributed by atoms with E-state index in [4.69, 9.17) is 4.74 Å². The maximum atomic E-state index is 12.5. The number of nitro benzene ring substituents is 1. The molecular weight excluding hydrogens is 353 g/mol. The molecule has 0 N–H and O–H groups in total. The van der Waals surface area contributed by atoms with E-state index in [0.717, 1.165) is 12.1 Å². The maximum Gasteiger partial charge on any atom is 0.416 e. The lowest BCUT2D eigenvalue weighted by Gasteiger charge is -2.18. The summed E-state index contributed by atoms with van der Waals surface area (Å²) >= 11 is 0. The van der Waals surface area contributed by atoms with Crippen molar-refractivity contribution in [1.29, 1.82) is 0 Å². The van der Waals surface area contributed by atoms with Crippen LogP contribution in [0.3, 0.4) is 0 Å². The van der Waals surface area contributed by atoms with Gasteiger partial charge in [-0.15, -0.1) is 0 Å². The number of nitro groups is 1. The van der Waals surface area contributed by atoms with Crippen molar-refractivity contribution in [3.05, 3.63) is 69.8 Å². The lowest BCUT2D eigenvalue weighted by molar-refractivity contribution is -0.384. The number of carbonyl (C=O) groups excluding carboxylic acids is 1. The summed E-state index contributed by atoms with van der Waals surface area (Å²) in [4.78, 5) is 23.5. The Bertz CT molecular complexity index is 791. The molecular formula is C17H15F3N2O4. The molecule has 0 unspecified atom stereocenters. The second-order valence-electron chi connectivity index (χ2n) is 5.49. The van der Waals surface area contributed by atoms with Crippen molar-refractivity contribution in [1.82, 2.24) is 4.90 Å². The van der Waals surface area contributed by atoms with Gasteiger partial charge in [0.1, 0.15) is 5.75 Å². The van der Waals surface area contributed by atoms with Crippen molar-refractivity contribution in [3.63, 3.8) is 0 Å². The average Bonchev–Trinajstić information content (AvgIpc) is 2.59. The lowest BCUT2D eigenvalue weighted by atomic mass is 10.1. The van der Waals surface area contributed by atoms with Crippen LogP contribution in [0.15, 0.2) is 48.5 Å². The summed E-state index contributed by atoms with van der Waals surface area (Å²) in [5.74, 6) is -0.244. The zero-order valence-corrected chi connectivity index (χ0v) is 13.7. The summed E-state index contributed by atoms with van der Waals surface area (Å²) in [6.45, 7) is -0.242. The molecule has 0 aliphatic rings. The predicted molar refractivity (Wildman–Crippen MR) is 86.5 cm³/mol. The maximum absolute atomic E-state index is 12.5. The van der Waals surface area contributed by atoms with E-state index >= 15 is 0 Å². The van der Waals surface area contributed by atoms with E-state index in [0.29, 0.717) is 5.56 Å². The van der Waals surface area contributed by atoms with Gasteiger partial charge in [-0.2, -0.15) is 13.2 Å². The van der Waals surface area contributed by atoms with E-state index in [1.807, 2.05) is 0 Å². The van der Waals surface area contributed by atoms with Gasteiger partial charge in [0.25, 0.3) is 11.6 Å². The third kappa shape index (κ3) is 5.20. The third-order valence-corrected chi connectivity index (χ3v) is 3.52. The van der Waals surface area contributed by atoms with Crippen molar-refractivity contribution >= 4 is 11.6 Å². The van der Waals surface area contributed by atoms with Gasteiger partial charge < -0.3 is 9.64 Å². The molecule has 0 spiro atoms. The van der Waals surface area contributed by atoms with Crippen molar-refractivity contribution in [3.8, 4) is 5.75 Å². The zero-order chi connectivity index (χ0) is 19.3. The van der Waals surface area contributed by atoms with Crippen molar-refractivity contribution < 1.29 is 27.6 Å². The van der Waals surface area contributed by atoms with Crippen LogP contribution >= 0.6 is 0 Å². The van der Waals surface area contributed by atoms with Crippen molar-refractivity contribution in [2.75, 3.05) is 13.7 Å². The minimum atomic E-state index is -4.41. The Balaban J connectivity index is 1.91. The van der Waals surface area contributed by atoms with E-state index in [2.05, 4.69) is 0 Å². The molecule has 0 aromatic heterocycles. The van der Waals surface area contributed by atoms with Crippen LogP contribution in [0.25, 0.3) is 0 Å². The van der Waals surface area contributed by atoms with Crippen LogP contribution < -0.4 is 4.74 Å². The Hall–Kier alpha value is -3.10. The van der Waals surface area contributed by atoms with Crippen LogP contribution in [0, 0.1) is 10.1 Å². The molecule has 1 amide bonds. The molecule has 2 aromatic rings. The summed E-state index contributed by atoms with van der Waals surface area (Å²) < 4.78 is 42.8. The highest BCUT2D eigenvalue weighted by Gasteiger charge is 2.30. The molecule has 0 bridgehead atoms. The molecule has 0 radical (unpaired) electrons. The highest BCUT2D eigenvalue weighted by molar-refractivity contribution is 5.77. The molecule has 26 heavy (non-hydrogen) atoms. The Morgan fingerprint density at radius 1 is 1.19 bits per heavy atom. The van der Waals surface area contributed by atoms with Gasteiger partial charge in [-0.25, -0.2) is 0 Å². The number of non-ortho nitro benzene ring substituents is 1. The topological polar surface area (TPSA) is 72.7 Å². The van der Waals surface area contributed by atoms with E-state index < -0.39 is 22.6 Å². The van der Waals surface area contributed by atoms with Crippen LogP contribution in [0.4, 0.5) is 18.9 Å². The van der Waals surface area contributed by atoms with Crippen molar-refractivity contribution in [2.24, 2.45) is 0 Å². The van der Waals surface area contributed by atoms with Gasteiger partial charge in [-0.05, 0) is 23.8 Å². The number of halogens is 3. The fourth-order valence-electron chi connectivity index (χ4n) is 2.10. The first-order valence-electron chi connectivity index (χ1n) is 7.44. The van der Waals surface area contributed by atoms with Crippen LogP contribution in [-0.4, -0.2) is 29.4 Å². The van der Waals surface area contributed by atoms with E-state index in [-0.39, 0.29) is 24.6 Å². The summed E-state index contributed by atoms with van der Waals surface area (Å²) in [6, 6.07) is 9.91. The predicted octanol–water partition coefficient (Wildman–Crippen LogP) is 3.65. The van der Waals surface area contributed by atoms with Gasteiger partial charge in [0.15, 0.2) is 6.61 Å². The third-order valence-electron chi connectivity index (χ3n) is 3.52. The first kappa shape index (κ1) is 19.2. The molecule has 0 fully saturated rings. The number of nitrogens with zero attached hydrogens (tertiary/aromatic N) is 2. The molecule has 0 aliphatic heterocycles. The normalized spacial score (nSPS) is 11.1. The molecule has 2 aromatic carbocycles. The van der Waals surface area contributed by atoms with Gasteiger partial charge in [-0.1, -0.05) is 18.2 Å².